The molecule has 1 aliphatic heterocycles. The molecule has 0 unspecified atom stereocenters. The number of likely N-dealkylation sites (tertiary alicyclic amines) is 1. The van der Waals surface area contributed by atoms with Crippen LogP contribution in [0.15, 0.2) is 0 Å². The highest BCUT2D eigenvalue weighted by atomic mass is 16.4. The highest BCUT2D eigenvalue weighted by molar-refractivity contribution is 5.77. The molecule has 0 spiro atoms. The van der Waals surface area contributed by atoms with Crippen LogP contribution >= 0.6 is 0 Å². The number of hydrogen-bond acceptors (Lipinski definition) is 3. The third kappa shape index (κ3) is 3.42. The van der Waals surface area contributed by atoms with Gasteiger partial charge in [0.2, 0.25) is 0 Å². The summed E-state index contributed by atoms with van der Waals surface area (Å²) in [5, 5.41) is 11.9. The van der Waals surface area contributed by atoms with Gasteiger partial charge in [0.05, 0.1) is 12.0 Å². The number of piperidine rings is 1. The monoisotopic (exact) mass is 283 g/mol. The van der Waals surface area contributed by atoms with E-state index >= 15 is 0 Å². The summed E-state index contributed by atoms with van der Waals surface area (Å²) in [5.74, 6) is -0.837. The first-order valence-electron chi connectivity index (χ1n) is 7.37. The molecule has 1 aliphatic carbocycles. The van der Waals surface area contributed by atoms with Crippen LogP contribution in [0.3, 0.4) is 0 Å². The van der Waals surface area contributed by atoms with Gasteiger partial charge < -0.3 is 20.2 Å². The van der Waals surface area contributed by atoms with Gasteiger partial charge in [-0.1, -0.05) is 0 Å². The Morgan fingerprint density at radius 2 is 1.90 bits per heavy atom. The van der Waals surface area contributed by atoms with Crippen LogP contribution in [0.5, 0.6) is 0 Å². The molecule has 6 heteroatoms. The van der Waals surface area contributed by atoms with E-state index in [0.717, 1.165) is 45.2 Å². The van der Waals surface area contributed by atoms with Gasteiger partial charge in [-0.05, 0) is 46.2 Å². The minimum atomic E-state index is -0.837. The average molecular weight is 283 g/mol. The van der Waals surface area contributed by atoms with Gasteiger partial charge in [-0.2, -0.15) is 0 Å². The van der Waals surface area contributed by atoms with Crippen LogP contribution in [-0.2, 0) is 4.79 Å². The maximum Gasteiger partial charge on any atom is 0.317 e. The summed E-state index contributed by atoms with van der Waals surface area (Å²) in [6, 6.07) is 0.443. The van der Waals surface area contributed by atoms with E-state index in [2.05, 4.69) is 24.3 Å². The molecule has 0 aromatic rings. The van der Waals surface area contributed by atoms with Crippen LogP contribution in [0.25, 0.3) is 0 Å². The molecule has 0 bridgehead atoms. The van der Waals surface area contributed by atoms with Crippen LogP contribution in [-0.4, -0.2) is 65.7 Å². The fourth-order valence-corrected chi connectivity index (χ4v) is 3.13. The van der Waals surface area contributed by atoms with E-state index < -0.39 is 11.5 Å². The average Bonchev–Trinajstić information content (AvgIpc) is 2.35. The maximum atomic E-state index is 12.3. The van der Waals surface area contributed by atoms with E-state index in [-0.39, 0.29) is 12.5 Å². The lowest BCUT2D eigenvalue weighted by atomic mass is 9.74. The lowest BCUT2D eigenvalue weighted by Gasteiger charge is -2.44. The molecule has 1 saturated heterocycles. The number of aliphatic carboxylic acids is 1. The SMILES string of the molecule is CN(C)C1CCN(C(=O)NC2(CC(=O)O)CCC2)CC1. The smallest absolute Gasteiger partial charge is 0.317 e. The predicted octanol–water partition coefficient (Wildman–Crippen LogP) is 1.12. The molecule has 0 aromatic carbocycles. The molecule has 0 radical (unpaired) electrons. The first kappa shape index (κ1) is 15.1. The number of carboxylic acids is 1. The van der Waals surface area contributed by atoms with Gasteiger partial charge in [-0.15, -0.1) is 0 Å². The van der Waals surface area contributed by atoms with Gasteiger partial charge in [0.1, 0.15) is 0 Å². The highest BCUT2D eigenvalue weighted by Gasteiger charge is 2.41. The van der Waals surface area contributed by atoms with E-state index in [1.54, 1.807) is 0 Å². The van der Waals surface area contributed by atoms with Crippen LogP contribution < -0.4 is 5.32 Å². The molecule has 2 N–H and O–H groups in total. The number of urea groups is 1. The summed E-state index contributed by atoms with van der Waals surface area (Å²) in [7, 11) is 4.13. The number of nitrogens with zero attached hydrogens (tertiary/aromatic N) is 2. The lowest BCUT2D eigenvalue weighted by Crippen LogP contribution is -2.59. The van der Waals surface area contributed by atoms with Gasteiger partial charge in [-0.3, -0.25) is 4.79 Å². The summed E-state index contributed by atoms with van der Waals surface area (Å²) in [6.45, 7) is 1.50. The van der Waals surface area contributed by atoms with Crippen molar-refractivity contribution >= 4 is 12.0 Å². The fourth-order valence-electron chi connectivity index (χ4n) is 3.13. The number of carbonyl (C=O) groups is 2. The van der Waals surface area contributed by atoms with E-state index in [1.165, 1.54) is 0 Å². The minimum absolute atomic E-state index is 0.0346. The van der Waals surface area contributed by atoms with Gasteiger partial charge in [0, 0.05) is 19.1 Å². The van der Waals surface area contributed by atoms with Crippen molar-refractivity contribution in [2.75, 3.05) is 27.2 Å². The van der Waals surface area contributed by atoms with Crippen molar-refractivity contribution in [1.82, 2.24) is 15.1 Å². The number of carboxylic acid groups (broad SMARTS) is 1. The summed E-state index contributed by atoms with van der Waals surface area (Å²) in [4.78, 5) is 27.2. The predicted molar refractivity (Wildman–Crippen MR) is 75.6 cm³/mol. The molecule has 0 atom stereocenters. The molecule has 1 saturated carbocycles. The standard InChI is InChI=1S/C14H25N3O3/c1-16(2)11-4-8-17(9-5-11)13(20)15-14(6-3-7-14)10-12(18)19/h11H,3-10H2,1-2H3,(H,15,20)(H,18,19). The molecular formula is C14H25N3O3. The Balaban J connectivity index is 1.84. The van der Waals surface area contributed by atoms with Crippen molar-refractivity contribution in [3.8, 4) is 0 Å². The molecule has 2 amide bonds. The second-order valence-electron chi connectivity index (χ2n) is 6.32. The molecule has 2 aliphatic rings. The molecule has 1 heterocycles. The van der Waals surface area contributed by atoms with Crippen LogP contribution in [0.4, 0.5) is 4.79 Å². The maximum absolute atomic E-state index is 12.3. The normalized spacial score (nSPS) is 22.4. The second kappa shape index (κ2) is 5.99. The third-order valence-corrected chi connectivity index (χ3v) is 4.65. The molecule has 6 nitrogen and oxygen atoms in total. The van der Waals surface area contributed by atoms with Crippen molar-refractivity contribution in [3.05, 3.63) is 0 Å². The van der Waals surface area contributed by atoms with Gasteiger partial charge in [-0.25, -0.2) is 4.79 Å². The summed E-state index contributed by atoms with van der Waals surface area (Å²) in [5.41, 5.74) is -0.499. The zero-order chi connectivity index (χ0) is 14.8. The Hall–Kier alpha value is -1.30. The van der Waals surface area contributed by atoms with Crippen LogP contribution in [0, 0.1) is 0 Å². The quantitative estimate of drug-likeness (QED) is 0.811. The Labute approximate surface area is 120 Å². The molecule has 2 rings (SSSR count). The summed E-state index contributed by atoms with van der Waals surface area (Å²) in [6.07, 6.45) is 4.54. The summed E-state index contributed by atoms with van der Waals surface area (Å²) >= 11 is 0. The first-order chi connectivity index (χ1) is 9.42. The molecular weight excluding hydrogens is 258 g/mol. The van der Waals surface area contributed by atoms with Crippen molar-refractivity contribution in [3.63, 3.8) is 0 Å². The van der Waals surface area contributed by atoms with Crippen LogP contribution in [0.1, 0.15) is 38.5 Å². The largest absolute Gasteiger partial charge is 0.481 e. The number of nitrogens with one attached hydrogen (secondary N) is 1. The van der Waals surface area contributed by atoms with Crippen molar-refractivity contribution in [1.29, 1.82) is 0 Å². The lowest BCUT2D eigenvalue weighted by molar-refractivity contribution is -0.139. The van der Waals surface area contributed by atoms with Crippen molar-refractivity contribution in [2.45, 2.75) is 50.1 Å². The number of rotatable bonds is 4. The van der Waals surface area contributed by atoms with E-state index in [4.69, 9.17) is 5.11 Å². The molecule has 2 fully saturated rings. The van der Waals surface area contributed by atoms with Gasteiger partial charge in [0.15, 0.2) is 0 Å². The van der Waals surface area contributed by atoms with E-state index in [9.17, 15) is 9.59 Å². The number of amides is 2. The van der Waals surface area contributed by atoms with Crippen molar-refractivity contribution in [2.24, 2.45) is 0 Å². The van der Waals surface area contributed by atoms with Gasteiger partial charge >= 0.3 is 12.0 Å². The Morgan fingerprint density at radius 1 is 1.30 bits per heavy atom. The van der Waals surface area contributed by atoms with E-state index in [1.807, 2.05) is 4.90 Å². The zero-order valence-corrected chi connectivity index (χ0v) is 12.4. The van der Waals surface area contributed by atoms with Crippen LogP contribution in [0.2, 0.25) is 0 Å². The molecule has 0 aromatic heterocycles. The zero-order valence-electron chi connectivity index (χ0n) is 12.4. The third-order valence-electron chi connectivity index (χ3n) is 4.65. The fraction of sp³-hybridized carbons (Fsp3) is 0.857. The van der Waals surface area contributed by atoms with E-state index in [0.29, 0.717) is 6.04 Å². The number of carbonyl (C=O) groups excluding carboxylic acids is 1. The minimum Gasteiger partial charge on any atom is -0.481 e. The number of hydrogen-bond donors (Lipinski definition) is 2. The van der Waals surface area contributed by atoms with Crippen molar-refractivity contribution < 1.29 is 14.7 Å². The Morgan fingerprint density at radius 3 is 2.30 bits per heavy atom. The Bertz CT molecular complexity index is 372. The second-order valence-corrected chi connectivity index (χ2v) is 6.32. The first-order valence-corrected chi connectivity index (χ1v) is 7.37. The highest BCUT2D eigenvalue weighted by Crippen LogP contribution is 2.35. The topological polar surface area (TPSA) is 72.9 Å². The summed E-state index contributed by atoms with van der Waals surface area (Å²) < 4.78 is 0. The van der Waals surface area contributed by atoms with Gasteiger partial charge in [0.25, 0.3) is 0 Å². The molecule has 114 valence electrons. The molecule has 20 heavy (non-hydrogen) atoms. The Kier molecular flexibility index (Phi) is 4.52.